The molecule has 1 aliphatic rings. The molecule has 0 amide bonds. The third-order valence-corrected chi connectivity index (χ3v) is 3.75. The van der Waals surface area contributed by atoms with Gasteiger partial charge >= 0.3 is 5.97 Å². The zero-order valence-electron chi connectivity index (χ0n) is 12.2. The Morgan fingerprint density at radius 3 is 2.70 bits per heavy atom. The Morgan fingerprint density at radius 1 is 1.30 bits per heavy atom. The summed E-state index contributed by atoms with van der Waals surface area (Å²) in [5.74, 6) is 1.12. The molecule has 1 aliphatic carbocycles. The van der Waals surface area contributed by atoms with E-state index in [1.807, 2.05) is 24.3 Å². The van der Waals surface area contributed by atoms with Crippen LogP contribution in [0.5, 0.6) is 5.75 Å². The molecule has 1 aromatic rings. The predicted octanol–water partition coefficient (Wildman–Crippen LogP) is 3.23. The number of hydrogen-bond donors (Lipinski definition) is 1. The van der Waals surface area contributed by atoms with Gasteiger partial charge in [-0.3, -0.25) is 0 Å². The van der Waals surface area contributed by atoms with Crippen molar-refractivity contribution in [1.29, 1.82) is 0 Å². The molecule has 4 nitrogen and oxygen atoms in total. The van der Waals surface area contributed by atoms with E-state index in [9.17, 15) is 4.79 Å². The van der Waals surface area contributed by atoms with Crippen molar-refractivity contribution in [2.45, 2.75) is 38.6 Å². The highest BCUT2D eigenvalue weighted by molar-refractivity contribution is 5.70. The lowest BCUT2D eigenvalue weighted by molar-refractivity contribution is -0.142. The minimum absolute atomic E-state index is 0.0522. The summed E-state index contributed by atoms with van der Waals surface area (Å²) in [7, 11) is 1.35. The van der Waals surface area contributed by atoms with Gasteiger partial charge in [0.05, 0.1) is 7.11 Å². The maximum Gasteiger partial charge on any atom is 0.343 e. The summed E-state index contributed by atoms with van der Waals surface area (Å²) in [5.41, 5.74) is 1.11. The molecule has 1 fully saturated rings. The van der Waals surface area contributed by atoms with Crippen molar-refractivity contribution in [3.63, 3.8) is 0 Å². The van der Waals surface area contributed by atoms with Crippen molar-refractivity contribution in [2.75, 3.05) is 19.0 Å². The Kier molecular flexibility index (Phi) is 5.27. The van der Waals surface area contributed by atoms with Crippen LogP contribution in [0.25, 0.3) is 0 Å². The van der Waals surface area contributed by atoms with Gasteiger partial charge in [-0.1, -0.05) is 19.8 Å². The number of carbonyl (C=O) groups is 1. The number of esters is 1. The second-order valence-corrected chi connectivity index (χ2v) is 5.50. The van der Waals surface area contributed by atoms with Crippen LogP contribution >= 0.6 is 0 Å². The Hall–Kier alpha value is -1.71. The van der Waals surface area contributed by atoms with Crippen LogP contribution in [0, 0.1) is 5.92 Å². The summed E-state index contributed by atoms with van der Waals surface area (Å²) in [6.45, 7) is 2.26. The molecule has 110 valence electrons. The molecule has 4 heteroatoms. The molecule has 1 aromatic carbocycles. The highest BCUT2D eigenvalue weighted by Crippen LogP contribution is 2.26. The van der Waals surface area contributed by atoms with Crippen molar-refractivity contribution >= 4 is 11.7 Å². The molecule has 20 heavy (non-hydrogen) atoms. The fourth-order valence-electron chi connectivity index (χ4n) is 2.65. The number of benzene rings is 1. The quantitative estimate of drug-likeness (QED) is 0.839. The molecule has 2 atom stereocenters. The molecule has 0 bridgehead atoms. The van der Waals surface area contributed by atoms with E-state index in [0.717, 1.165) is 11.6 Å². The fraction of sp³-hybridized carbons (Fsp3) is 0.562. The van der Waals surface area contributed by atoms with Gasteiger partial charge in [-0.2, -0.15) is 0 Å². The normalized spacial score (nSPS) is 22.1. The molecule has 0 heterocycles. The Balaban J connectivity index is 1.83. The third kappa shape index (κ3) is 4.44. The number of ether oxygens (including phenoxy) is 2. The van der Waals surface area contributed by atoms with E-state index in [-0.39, 0.29) is 12.6 Å². The van der Waals surface area contributed by atoms with Crippen molar-refractivity contribution in [3.8, 4) is 5.75 Å². The van der Waals surface area contributed by atoms with E-state index < -0.39 is 0 Å². The topological polar surface area (TPSA) is 47.6 Å². The van der Waals surface area contributed by atoms with Gasteiger partial charge < -0.3 is 14.8 Å². The molecular formula is C16H23NO3. The number of hydrogen-bond acceptors (Lipinski definition) is 4. The van der Waals surface area contributed by atoms with Gasteiger partial charge in [-0.05, 0) is 43.0 Å². The van der Waals surface area contributed by atoms with Gasteiger partial charge in [0.15, 0.2) is 6.61 Å². The van der Waals surface area contributed by atoms with Gasteiger partial charge in [0.1, 0.15) is 5.75 Å². The average molecular weight is 277 g/mol. The molecule has 1 N–H and O–H groups in total. The Morgan fingerprint density at radius 2 is 2.05 bits per heavy atom. The summed E-state index contributed by atoms with van der Waals surface area (Å²) in [4.78, 5) is 11.0. The van der Waals surface area contributed by atoms with E-state index in [4.69, 9.17) is 4.74 Å². The first-order valence-corrected chi connectivity index (χ1v) is 7.23. The first kappa shape index (κ1) is 14.7. The van der Waals surface area contributed by atoms with E-state index in [1.165, 1.54) is 32.8 Å². The van der Waals surface area contributed by atoms with Crippen LogP contribution in [0.4, 0.5) is 5.69 Å². The van der Waals surface area contributed by atoms with Gasteiger partial charge in [0.25, 0.3) is 0 Å². The van der Waals surface area contributed by atoms with Crippen LogP contribution in [0.2, 0.25) is 0 Å². The van der Waals surface area contributed by atoms with Crippen LogP contribution < -0.4 is 10.1 Å². The van der Waals surface area contributed by atoms with Gasteiger partial charge in [-0.25, -0.2) is 4.79 Å². The lowest BCUT2D eigenvalue weighted by atomic mass is 9.87. The Bertz CT molecular complexity index is 430. The zero-order chi connectivity index (χ0) is 14.4. The van der Waals surface area contributed by atoms with E-state index in [0.29, 0.717) is 11.8 Å². The van der Waals surface area contributed by atoms with Crippen LogP contribution in [0.1, 0.15) is 32.6 Å². The fourth-order valence-corrected chi connectivity index (χ4v) is 2.65. The molecule has 1 saturated carbocycles. The van der Waals surface area contributed by atoms with Crippen molar-refractivity contribution in [1.82, 2.24) is 0 Å². The van der Waals surface area contributed by atoms with E-state index in [2.05, 4.69) is 17.0 Å². The second kappa shape index (κ2) is 7.17. The Labute approximate surface area is 120 Å². The van der Waals surface area contributed by atoms with Crippen LogP contribution in [0.15, 0.2) is 24.3 Å². The van der Waals surface area contributed by atoms with E-state index in [1.54, 1.807) is 0 Å². The molecule has 0 aliphatic heterocycles. The summed E-state index contributed by atoms with van der Waals surface area (Å²) >= 11 is 0. The summed E-state index contributed by atoms with van der Waals surface area (Å²) in [6, 6.07) is 8.30. The monoisotopic (exact) mass is 277 g/mol. The highest BCUT2D eigenvalue weighted by Gasteiger charge is 2.18. The number of rotatable bonds is 5. The summed E-state index contributed by atoms with van der Waals surface area (Å²) in [5, 5.41) is 3.57. The highest BCUT2D eigenvalue weighted by atomic mass is 16.6. The molecule has 0 radical (unpaired) electrons. The lowest BCUT2D eigenvalue weighted by Crippen LogP contribution is -2.26. The number of nitrogens with one attached hydrogen (secondary N) is 1. The first-order valence-electron chi connectivity index (χ1n) is 7.23. The smallest absolute Gasteiger partial charge is 0.343 e. The zero-order valence-corrected chi connectivity index (χ0v) is 12.2. The maximum absolute atomic E-state index is 11.0. The molecule has 2 unspecified atom stereocenters. The minimum Gasteiger partial charge on any atom is -0.482 e. The second-order valence-electron chi connectivity index (χ2n) is 5.50. The molecule has 2 rings (SSSR count). The van der Waals surface area contributed by atoms with Crippen molar-refractivity contribution in [2.24, 2.45) is 5.92 Å². The summed E-state index contributed by atoms with van der Waals surface area (Å²) in [6.07, 6.45) is 5.13. The first-order chi connectivity index (χ1) is 9.67. The van der Waals surface area contributed by atoms with Gasteiger partial charge in [0.2, 0.25) is 0 Å². The van der Waals surface area contributed by atoms with Crippen LogP contribution in [-0.4, -0.2) is 25.7 Å². The SMILES string of the molecule is COC(=O)COc1ccc(NC2CCCC(C)C2)cc1. The molecular weight excluding hydrogens is 254 g/mol. The summed E-state index contributed by atoms with van der Waals surface area (Å²) < 4.78 is 9.85. The van der Waals surface area contributed by atoms with Crippen molar-refractivity contribution < 1.29 is 14.3 Å². The van der Waals surface area contributed by atoms with Gasteiger partial charge in [0, 0.05) is 11.7 Å². The van der Waals surface area contributed by atoms with Gasteiger partial charge in [-0.15, -0.1) is 0 Å². The van der Waals surface area contributed by atoms with E-state index >= 15 is 0 Å². The maximum atomic E-state index is 11.0. The number of anilines is 1. The molecule has 0 saturated heterocycles. The van der Waals surface area contributed by atoms with Crippen molar-refractivity contribution in [3.05, 3.63) is 24.3 Å². The predicted molar refractivity (Wildman–Crippen MR) is 79.0 cm³/mol. The minimum atomic E-state index is -0.372. The molecule has 0 aromatic heterocycles. The number of methoxy groups -OCH3 is 1. The lowest BCUT2D eigenvalue weighted by Gasteiger charge is -2.28. The van der Waals surface area contributed by atoms with Crippen LogP contribution in [-0.2, 0) is 9.53 Å². The number of carbonyl (C=O) groups excluding carboxylic acids is 1. The largest absolute Gasteiger partial charge is 0.482 e. The third-order valence-electron chi connectivity index (χ3n) is 3.75. The standard InChI is InChI=1S/C16H23NO3/c1-12-4-3-5-14(10-12)17-13-6-8-15(9-7-13)20-11-16(18)19-2/h6-9,12,14,17H,3-5,10-11H2,1-2H3. The van der Waals surface area contributed by atoms with Crippen LogP contribution in [0.3, 0.4) is 0 Å². The average Bonchev–Trinajstić information content (AvgIpc) is 2.46. The molecule has 0 spiro atoms.